The van der Waals surface area contributed by atoms with E-state index < -0.39 is 12.1 Å². The van der Waals surface area contributed by atoms with Crippen molar-refractivity contribution in [3.63, 3.8) is 0 Å². The molecule has 1 aliphatic heterocycles. The van der Waals surface area contributed by atoms with Crippen LogP contribution in [-0.4, -0.2) is 34.6 Å². The van der Waals surface area contributed by atoms with Gasteiger partial charge in [0.1, 0.15) is 18.3 Å². The Bertz CT molecular complexity index is 495. The highest BCUT2D eigenvalue weighted by molar-refractivity contribution is 5.66. The van der Waals surface area contributed by atoms with E-state index in [4.69, 9.17) is 20.1 Å². The van der Waals surface area contributed by atoms with E-state index in [9.17, 15) is 4.79 Å². The van der Waals surface area contributed by atoms with Crippen molar-refractivity contribution in [1.29, 1.82) is 0 Å². The Morgan fingerprint density at radius 3 is 2.73 bits per heavy atom. The molecule has 6 nitrogen and oxygen atoms in total. The number of allylic oxidation sites excluding steroid dienone is 6. The minimum atomic E-state index is -0.762. The summed E-state index contributed by atoms with van der Waals surface area (Å²) in [5.41, 5.74) is 0. The minimum Gasteiger partial charge on any atom is -0.481 e. The molecule has 1 saturated heterocycles. The summed E-state index contributed by atoms with van der Waals surface area (Å²) in [5, 5.41) is 17.6. The zero-order valence-corrected chi connectivity index (χ0v) is 15.3. The Labute approximate surface area is 155 Å². The van der Waals surface area contributed by atoms with Gasteiger partial charge in [0.05, 0.1) is 0 Å². The second-order valence-corrected chi connectivity index (χ2v) is 6.07. The summed E-state index contributed by atoms with van der Waals surface area (Å²) < 4.78 is 0. The first-order valence-corrected chi connectivity index (χ1v) is 9.14. The maximum absolute atomic E-state index is 10.4. The van der Waals surface area contributed by atoms with E-state index >= 15 is 0 Å². The van der Waals surface area contributed by atoms with Crippen LogP contribution in [0.3, 0.4) is 0 Å². The Morgan fingerprint density at radius 2 is 2.00 bits per heavy atom. The molecule has 1 rings (SSSR count). The second-order valence-electron chi connectivity index (χ2n) is 6.07. The Balaban J connectivity index is 2.23. The van der Waals surface area contributed by atoms with Crippen molar-refractivity contribution in [1.82, 2.24) is 0 Å². The Morgan fingerprint density at radius 1 is 1.19 bits per heavy atom. The quantitative estimate of drug-likeness (QED) is 0.163. The lowest BCUT2D eigenvalue weighted by Crippen LogP contribution is -2.27. The molecule has 2 N–H and O–H groups in total. The molecule has 26 heavy (non-hydrogen) atoms. The third-order valence-electron chi connectivity index (χ3n) is 3.86. The molecule has 0 aliphatic carbocycles. The zero-order valence-electron chi connectivity index (χ0n) is 15.3. The Kier molecular flexibility index (Phi) is 12.4. The van der Waals surface area contributed by atoms with Gasteiger partial charge in [-0.05, 0) is 32.1 Å². The molecular formula is C20H30O6. The number of carboxylic acids is 1. The molecule has 0 amide bonds. The largest absolute Gasteiger partial charge is 0.481 e. The average molecular weight is 366 g/mol. The van der Waals surface area contributed by atoms with Crippen molar-refractivity contribution in [3.05, 3.63) is 48.6 Å². The lowest BCUT2D eigenvalue weighted by atomic mass is 10.0. The number of hydrogen-bond acceptors (Lipinski definition) is 5. The molecular weight excluding hydrogens is 336 g/mol. The molecule has 0 bridgehead atoms. The summed E-state index contributed by atoms with van der Waals surface area (Å²) in [6.07, 6.45) is 19.3. The van der Waals surface area contributed by atoms with Crippen LogP contribution in [0.25, 0.3) is 0 Å². The number of carboxylic acid groups (broad SMARTS) is 1. The zero-order chi connectivity index (χ0) is 19.0. The maximum Gasteiger partial charge on any atom is 0.303 e. The minimum absolute atomic E-state index is 0.142. The highest BCUT2D eigenvalue weighted by atomic mass is 17.2. The van der Waals surface area contributed by atoms with Gasteiger partial charge in [0.15, 0.2) is 0 Å². The standard InChI is InChI=1S/C20H30O6/c1-2-3-4-10-13-17-16-19(26-25-17)18(24-23)14-11-8-6-5-7-9-12-15-20(21)22/h3-5,7-8,10-11,13,17-19,23H,2,6,9,12,14-16H2,1H3,(H,21,22)/b4-3-,7-5-,11-8-,13-10+. The average Bonchev–Trinajstić information content (AvgIpc) is 3.09. The topological polar surface area (TPSA) is 85.2 Å². The molecule has 6 heteroatoms. The van der Waals surface area contributed by atoms with E-state index in [1.54, 1.807) is 0 Å². The van der Waals surface area contributed by atoms with Gasteiger partial charge in [-0.3, -0.25) is 10.1 Å². The van der Waals surface area contributed by atoms with Crippen molar-refractivity contribution in [2.75, 3.05) is 0 Å². The molecule has 3 unspecified atom stereocenters. The first-order chi connectivity index (χ1) is 12.7. The van der Waals surface area contributed by atoms with Gasteiger partial charge in [0, 0.05) is 12.8 Å². The summed E-state index contributed by atoms with van der Waals surface area (Å²) in [5.74, 6) is -0.762. The Hall–Kier alpha value is -1.73. The summed E-state index contributed by atoms with van der Waals surface area (Å²) in [6, 6.07) is 0. The lowest BCUT2D eigenvalue weighted by molar-refractivity contribution is -0.347. The SMILES string of the molecule is CC/C=C\C=C\C1CC(C(C/C=C\C/C=C\CCCC(=O)O)OO)OO1. The predicted octanol–water partition coefficient (Wildman–Crippen LogP) is 4.60. The normalized spacial score (nSPS) is 22.4. The van der Waals surface area contributed by atoms with Gasteiger partial charge in [0.2, 0.25) is 0 Å². The summed E-state index contributed by atoms with van der Waals surface area (Å²) in [7, 11) is 0. The number of carbonyl (C=O) groups is 1. The molecule has 1 heterocycles. The van der Waals surface area contributed by atoms with E-state index in [0.29, 0.717) is 19.3 Å². The van der Waals surface area contributed by atoms with E-state index in [0.717, 1.165) is 19.3 Å². The van der Waals surface area contributed by atoms with E-state index in [1.165, 1.54) is 0 Å². The molecule has 0 spiro atoms. The number of aliphatic carboxylic acids is 1. The van der Waals surface area contributed by atoms with Gasteiger partial charge >= 0.3 is 5.97 Å². The summed E-state index contributed by atoms with van der Waals surface area (Å²) in [4.78, 5) is 25.4. The van der Waals surface area contributed by atoms with Crippen LogP contribution in [0, 0.1) is 0 Å². The highest BCUT2D eigenvalue weighted by Gasteiger charge is 2.33. The van der Waals surface area contributed by atoms with E-state index in [-0.39, 0.29) is 18.6 Å². The van der Waals surface area contributed by atoms with Crippen molar-refractivity contribution >= 4 is 5.97 Å². The summed E-state index contributed by atoms with van der Waals surface area (Å²) >= 11 is 0. The number of rotatable bonds is 13. The second kappa shape index (κ2) is 14.4. The van der Waals surface area contributed by atoms with Crippen molar-refractivity contribution in [2.45, 2.75) is 70.2 Å². The van der Waals surface area contributed by atoms with Crippen LogP contribution in [-0.2, 0) is 19.5 Å². The fourth-order valence-corrected chi connectivity index (χ4v) is 2.43. The molecule has 0 saturated carbocycles. The predicted molar refractivity (Wildman–Crippen MR) is 99.4 cm³/mol. The molecule has 3 atom stereocenters. The smallest absolute Gasteiger partial charge is 0.303 e. The third kappa shape index (κ3) is 10.3. The summed E-state index contributed by atoms with van der Waals surface area (Å²) in [6.45, 7) is 2.07. The van der Waals surface area contributed by atoms with Crippen molar-refractivity contribution in [3.8, 4) is 0 Å². The van der Waals surface area contributed by atoms with Gasteiger partial charge in [-0.15, -0.1) is 0 Å². The van der Waals surface area contributed by atoms with Gasteiger partial charge in [0.25, 0.3) is 0 Å². The van der Waals surface area contributed by atoms with Gasteiger partial charge < -0.3 is 5.11 Å². The highest BCUT2D eigenvalue weighted by Crippen LogP contribution is 2.24. The molecule has 0 aromatic carbocycles. The molecule has 1 fully saturated rings. The van der Waals surface area contributed by atoms with Crippen LogP contribution in [0.4, 0.5) is 0 Å². The van der Waals surface area contributed by atoms with Gasteiger partial charge in [-0.25, -0.2) is 14.7 Å². The molecule has 0 radical (unpaired) electrons. The van der Waals surface area contributed by atoms with Gasteiger partial charge in [-0.1, -0.05) is 55.5 Å². The van der Waals surface area contributed by atoms with Crippen LogP contribution in [0.2, 0.25) is 0 Å². The molecule has 0 aromatic rings. The van der Waals surface area contributed by atoms with Crippen LogP contribution in [0.15, 0.2) is 48.6 Å². The lowest BCUT2D eigenvalue weighted by Gasteiger charge is -2.15. The van der Waals surface area contributed by atoms with Crippen molar-refractivity contribution in [2.24, 2.45) is 0 Å². The first-order valence-electron chi connectivity index (χ1n) is 9.14. The maximum atomic E-state index is 10.4. The molecule has 146 valence electrons. The van der Waals surface area contributed by atoms with E-state index in [2.05, 4.69) is 17.9 Å². The van der Waals surface area contributed by atoms with Crippen molar-refractivity contribution < 1.29 is 29.8 Å². The third-order valence-corrected chi connectivity index (χ3v) is 3.86. The van der Waals surface area contributed by atoms with Crippen LogP contribution >= 0.6 is 0 Å². The molecule has 0 aromatic heterocycles. The van der Waals surface area contributed by atoms with Crippen LogP contribution in [0.1, 0.15) is 51.9 Å². The monoisotopic (exact) mass is 366 g/mol. The fourth-order valence-electron chi connectivity index (χ4n) is 2.43. The van der Waals surface area contributed by atoms with Gasteiger partial charge in [-0.2, -0.15) is 0 Å². The molecule has 1 aliphatic rings. The number of unbranched alkanes of at least 4 members (excludes halogenated alkanes) is 1. The van der Waals surface area contributed by atoms with Crippen LogP contribution in [0.5, 0.6) is 0 Å². The van der Waals surface area contributed by atoms with E-state index in [1.807, 2.05) is 42.5 Å². The van der Waals surface area contributed by atoms with Crippen LogP contribution < -0.4 is 0 Å². The fraction of sp³-hybridized carbons (Fsp3) is 0.550. The first kappa shape index (κ1) is 22.3. The number of hydrogen-bond donors (Lipinski definition) is 2.